The Morgan fingerprint density at radius 3 is 2.50 bits per heavy atom. The van der Waals surface area contributed by atoms with Crippen molar-refractivity contribution in [2.45, 2.75) is 13.0 Å². The van der Waals surface area contributed by atoms with E-state index in [1.807, 2.05) is 54.3 Å². The molecule has 0 saturated carbocycles. The SMILES string of the molecule is CCOc1ccc(OCCNC(=O)CN2C[C@H](C(=O)NC)Oc3ccccc32)cc1. The maximum atomic E-state index is 12.4. The third kappa shape index (κ3) is 5.56. The van der Waals surface area contributed by atoms with Crippen LogP contribution in [0.15, 0.2) is 48.5 Å². The average Bonchev–Trinajstić information content (AvgIpc) is 2.77. The standard InChI is InChI=1S/C22H27N3O5/c1-3-28-16-8-10-17(11-9-16)29-13-12-24-21(26)15-25-14-20(22(27)23-2)30-19-7-5-4-6-18(19)25/h4-11,20H,3,12-15H2,1-2H3,(H,23,27)(H,24,26)/t20-/m1/s1. The van der Waals surface area contributed by atoms with Crippen molar-refractivity contribution in [2.24, 2.45) is 0 Å². The molecule has 0 fully saturated rings. The highest BCUT2D eigenvalue weighted by Crippen LogP contribution is 2.32. The van der Waals surface area contributed by atoms with Crippen LogP contribution >= 0.6 is 0 Å². The van der Waals surface area contributed by atoms with Crippen LogP contribution in [0.2, 0.25) is 0 Å². The van der Waals surface area contributed by atoms with Crippen molar-refractivity contribution in [1.29, 1.82) is 0 Å². The minimum atomic E-state index is -0.666. The summed E-state index contributed by atoms with van der Waals surface area (Å²) in [6.45, 7) is 3.69. The van der Waals surface area contributed by atoms with Gasteiger partial charge < -0.3 is 29.7 Å². The van der Waals surface area contributed by atoms with Crippen LogP contribution < -0.4 is 29.7 Å². The van der Waals surface area contributed by atoms with E-state index >= 15 is 0 Å². The summed E-state index contributed by atoms with van der Waals surface area (Å²) in [6.07, 6.45) is -0.666. The zero-order valence-electron chi connectivity index (χ0n) is 17.2. The van der Waals surface area contributed by atoms with E-state index in [0.29, 0.717) is 37.8 Å². The Labute approximate surface area is 176 Å². The number of hydrogen-bond acceptors (Lipinski definition) is 6. The summed E-state index contributed by atoms with van der Waals surface area (Å²) < 4.78 is 16.8. The monoisotopic (exact) mass is 413 g/mol. The predicted octanol–water partition coefficient (Wildman–Crippen LogP) is 1.59. The number of carbonyl (C=O) groups excluding carboxylic acids is 2. The highest BCUT2D eigenvalue weighted by Gasteiger charge is 2.30. The molecule has 30 heavy (non-hydrogen) atoms. The van der Waals surface area contributed by atoms with Gasteiger partial charge in [0.1, 0.15) is 23.9 Å². The summed E-state index contributed by atoms with van der Waals surface area (Å²) in [7, 11) is 1.56. The molecule has 8 heteroatoms. The van der Waals surface area contributed by atoms with Crippen LogP contribution in [0, 0.1) is 0 Å². The summed E-state index contributed by atoms with van der Waals surface area (Å²) in [4.78, 5) is 26.3. The normalized spacial score (nSPS) is 14.9. The summed E-state index contributed by atoms with van der Waals surface area (Å²) >= 11 is 0. The first-order chi connectivity index (χ1) is 14.6. The van der Waals surface area contributed by atoms with E-state index in [1.165, 1.54) is 0 Å². The van der Waals surface area contributed by atoms with Gasteiger partial charge in [0.05, 0.1) is 31.9 Å². The van der Waals surface area contributed by atoms with E-state index in [9.17, 15) is 9.59 Å². The number of carbonyl (C=O) groups is 2. The highest BCUT2D eigenvalue weighted by molar-refractivity contribution is 5.86. The predicted molar refractivity (Wildman–Crippen MR) is 113 cm³/mol. The zero-order chi connectivity index (χ0) is 21.3. The molecule has 1 heterocycles. The maximum Gasteiger partial charge on any atom is 0.262 e. The van der Waals surface area contributed by atoms with Gasteiger partial charge in [-0.1, -0.05) is 12.1 Å². The summed E-state index contributed by atoms with van der Waals surface area (Å²) in [6, 6.07) is 14.7. The van der Waals surface area contributed by atoms with Gasteiger partial charge in [0, 0.05) is 7.05 Å². The molecule has 2 N–H and O–H groups in total. The third-order valence-corrected chi connectivity index (χ3v) is 4.56. The number of ether oxygens (including phenoxy) is 3. The smallest absolute Gasteiger partial charge is 0.262 e. The van der Waals surface area contributed by atoms with Gasteiger partial charge in [-0.05, 0) is 43.3 Å². The van der Waals surface area contributed by atoms with Crippen molar-refractivity contribution in [3.05, 3.63) is 48.5 Å². The van der Waals surface area contributed by atoms with Gasteiger partial charge in [0.2, 0.25) is 5.91 Å². The van der Waals surface area contributed by atoms with E-state index in [2.05, 4.69) is 10.6 Å². The largest absolute Gasteiger partial charge is 0.494 e. The van der Waals surface area contributed by atoms with Gasteiger partial charge >= 0.3 is 0 Å². The Bertz CT molecular complexity index is 856. The van der Waals surface area contributed by atoms with E-state index in [0.717, 1.165) is 11.4 Å². The van der Waals surface area contributed by atoms with E-state index in [4.69, 9.17) is 14.2 Å². The Morgan fingerprint density at radius 1 is 1.10 bits per heavy atom. The van der Waals surface area contributed by atoms with Crippen molar-refractivity contribution < 1.29 is 23.8 Å². The molecule has 2 amide bonds. The molecule has 1 aliphatic rings. The number of benzene rings is 2. The number of fused-ring (bicyclic) bond motifs is 1. The van der Waals surface area contributed by atoms with Gasteiger partial charge in [-0.15, -0.1) is 0 Å². The lowest BCUT2D eigenvalue weighted by Crippen LogP contribution is -2.50. The second-order valence-corrected chi connectivity index (χ2v) is 6.67. The van der Waals surface area contributed by atoms with Crippen LogP contribution in [0.3, 0.4) is 0 Å². The van der Waals surface area contributed by atoms with Crippen LogP contribution in [0.5, 0.6) is 17.2 Å². The molecule has 1 aliphatic heterocycles. The fourth-order valence-electron chi connectivity index (χ4n) is 3.14. The summed E-state index contributed by atoms with van der Waals surface area (Å²) in [5.41, 5.74) is 0.790. The molecule has 1 atom stereocenters. The molecule has 2 aromatic carbocycles. The number of anilines is 1. The van der Waals surface area contributed by atoms with Crippen LogP contribution in [-0.2, 0) is 9.59 Å². The topological polar surface area (TPSA) is 89.1 Å². The number of nitrogens with zero attached hydrogens (tertiary/aromatic N) is 1. The average molecular weight is 413 g/mol. The minimum Gasteiger partial charge on any atom is -0.494 e. The third-order valence-electron chi connectivity index (χ3n) is 4.56. The first-order valence-corrected chi connectivity index (χ1v) is 9.95. The number of hydrogen-bond donors (Lipinski definition) is 2. The Kier molecular flexibility index (Phi) is 7.37. The van der Waals surface area contributed by atoms with Crippen molar-refractivity contribution in [2.75, 3.05) is 44.8 Å². The van der Waals surface area contributed by atoms with Gasteiger partial charge in [-0.25, -0.2) is 0 Å². The Balaban J connectivity index is 1.48. The van der Waals surface area contributed by atoms with Crippen LogP contribution in [0.1, 0.15) is 6.92 Å². The number of rotatable bonds is 9. The maximum absolute atomic E-state index is 12.4. The molecule has 0 unspecified atom stereocenters. The summed E-state index contributed by atoms with van der Waals surface area (Å²) in [5, 5.41) is 5.44. The molecular weight excluding hydrogens is 386 g/mol. The first kappa shape index (κ1) is 21.3. The van der Waals surface area contributed by atoms with Crippen LogP contribution in [-0.4, -0.2) is 57.8 Å². The van der Waals surface area contributed by atoms with Crippen molar-refractivity contribution in [3.8, 4) is 17.2 Å². The lowest BCUT2D eigenvalue weighted by atomic mass is 10.1. The van der Waals surface area contributed by atoms with Crippen LogP contribution in [0.25, 0.3) is 0 Å². The lowest BCUT2D eigenvalue weighted by Gasteiger charge is -2.34. The van der Waals surface area contributed by atoms with Gasteiger partial charge in [0.15, 0.2) is 6.10 Å². The fourth-order valence-corrected chi connectivity index (χ4v) is 3.14. The molecule has 160 valence electrons. The lowest BCUT2D eigenvalue weighted by molar-refractivity contribution is -0.127. The first-order valence-electron chi connectivity index (χ1n) is 9.95. The molecule has 0 saturated heterocycles. The molecule has 0 aliphatic carbocycles. The Morgan fingerprint density at radius 2 is 1.80 bits per heavy atom. The van der Waals surface area contributed by atoms with Crippen molar-refractivity contribution >= 4 is 17.5 Å². The number of para-hydroxylation sites is 2. The molecule has 2 aromatic rings. The van der Waals surface area contributed by atoms with E-state index in [-0.39, 0.29) is 18.4 Å². The zero-order valence-corrected chi connectivity index (χ0v) is 17.2. The van der Waals surface area contributed by atoms with E-state index in [1.54, 1.807) is 13.1 Å². The fraction of sp³-hybridized carbons (Fsp3) is 0.364. The second-order valence-electron chi connectivity index (χ2n) is 6.67. The van der Waals surface area contributed by atoms with Gasteiger partial charge in [0.25, 0.3) is 5.91 Å². The highest BCUT2D eigenvalue weighted by atomic mass is 16.5. The molecular formula is C22H27N3O5. The van der Waals surface area contributed by atoms with Crippen molar-refractivity contribution in [1.82, 2.24) is 10.6 Å². The summed E-state index contributed by atoms with van der Waals surface area (Å²) in [5.74, 6) is 1.71. The Hall–Kier alpha value is -3.42. The minimum absolute atomic E-state index is 0.122. The second kappa shape index (κ2) is 10.4. The number of nitrogens with one attached hydrogen (secondary N) is 2. The van der Waals surface area contributed by atoms with Gasteiger partial charge in [-0.3, -0.25) is 9.59 Å². The number of amides is 2. The van der Waals surface area contributed by atoms with E-state index < -0.39 is 6.10 Å². The molecule has 0 bridgehead atoms. The van der Waals surface area contributed by atoms with Crippen molar-refractivity contribution in [3.63, 3.8) is 0 Å². The molecule has 3 rings (SSSR count). The van der Waals surface area contributed by atoms with Gasteiger partial charge in [-0.2, -0.15) is 0 Å². The quantitative estimate of drug-likeness (QED) is 0.607. The molecule has 0 radical (unpaired) electrons. The molecule has 0 aromatic heterocycles. The molecule has 8 nitrogen and oxygen atoms in total. The number of likely N-dealkylation sites (N-methyl/N-ethyl adjacent to an activating group) is 1. The molecule has 0 spiro atoms. The van der Waals surface area contributed by atoms with Crippen LogP contribution in [0.4, 0.5) is 5.69 Å².